The van der Waals surface area contributed by atoms with Crippen LogP contribution in [-0.2, 0) is 0 Å². The van der Waals surface area contributed by atoms with Crippen LogP contribution < -0.4 is 10.9 Å². The van der Waals surface area contributed by atoms with Crippen molar-refractivity contribution in [2.45, 2.75) is 38.1 Å². The summed E-state index contributed by atoms with van der Waals surface area (Å²) in [7, 11) is 0. The summed E-state index contributed by atoms with van der Waals surface area (Å²) in [6.07, 6.45) is 10.8. The molecule has 6 nitrogen and oxygen atoms in total. The fourth-order valence-corrected chi connectivity index (χ4v) is 4.02. The van der Waals surface area contributed by atoms with Crippen molar-refractivity contribution in [1.82, 2.24) is 19.4 Å². The van der Waals surface area contributed by atoms with Gasteiger partial charge in [0.2, 0.25) is 5.95 Å². The summed E-state index contributed by atoms with van der Waals surface area (Å²) >= 11 is 7.24. The molecule has 0 spiro atoms. The van der Waals surface area contributed by atoms with Gasteiger partial charge in [0.1, 0.15) is 4.34 Å². The molecule has 3 aromatic rings. The van der Waals surface area contributed by atoms with Crippen molar-refractivity contribution >= 4 is 33.8 Å². The van der Waals surface area contributed by atoms with E-state index in [9.17, 15) is 4.79 Å². The Kier molecular flexibility index (Phi) is 4.20. The molecule has 0 unspecified atom stereocenters. The van der Waals surface area contributed by atoms with Crippen LogP contribution >= 0.6 is 22.9 Å². The van der Waals surface area contributed by atoms with E-state index in [1.807, 2.05) is 0 Å². The highest BCUT2D eigenvalue weighted by Crippen LogP contribution is 2.23. The average Bonchev–Trinajstić information content (AvgIpc) is 2.98. The van der Waals surface area contributed by atoms with Gasteiger partial charge in [0, 0.05) is 24.6 Å². The molecule has 1 aliphatic rings. The molecule has 1 N–H and O–H groups in total. The van der Waals surface area contributed by atoms with Crippen LogP contribution in [0.4, 0.5) is 5.95 Å². The fraction of sp³-hybridized carbons (Fsp3) is 0.375. The molecule has 8 heteroatoms. The van der Waals surface area contributed by atoms with Crippen LogP contribution in [0.25, 0.3) is 16.2 Å². The normalized spacial score (nSPS) is 15.7. The first-order chi connectivity index (χ1) is 11.7. The van der Waals surface area contributed by atoms with Gasteiger partial charge < -0.3 is 5.32 Å². The van der Waals surface area contributed by atoms with Crippen LogP contribution in [0.5, 0.6) is 0 Å². The Morgan fingerprint density at radius 3 is 2.92 bits per heavy atom. The molecule has 0 aromatic carbocycles. The monoisotopic (exact) mass is 361 g/mol. The molecule has 3 aromatic heterocycles. The Morgan fingerprint density at radius 2 is 2.08 bits per heavy atom. The minimum atomic E-state index is -0.175. The van der Waals surface area contributed by atoms with Crippen LogP contribution in [0.3, 0.4) is 0 Å². The third-order valence-electron chi connectivity index (χ3n) is 4.25. The van der Waals surface area contributed by atoms with E-state index in [0.29, 0.717) is 32.5 Å². The van der Waals surface area contributed by atoms with Gasteiger partial charge in [-0.15, -0.1) is 0 Å². The smallest absolute Gasteiger partial charge is 0.268 e. The maximum Gasteiger partial charge on any atom is 0.268 e. The first-order valence-corrected chi connectivity index (χ1v) is 9.17. The Balaban J connectivity index is 1.68. The molecule has 1 fully saturated rings. The molecule has 1 saturated carbocycles. The quantitative estimate of drug-likeness (QED) is 0.771. The van der Waals surface area contributed by atoms with Crippen molar-refractivity contribution in [3.05, 3.63) is 39.3 Å². The summed E-state index contributed by atoms with van der Waals surface area (Å²) in [6.45, 7) is 0. The highest BCUT2D eigenvalue weighted by Gasteiger charge is 2.15. The van der Waals surface area contributed by atoms with Crippen molar-refractivity contribution in [2.75, 3.05) is 5.32 Å². The summed E-state index contributed by atoms with van der Waals surface area (Å²) in [6, 6.07) is 2.14. The number of nitrogens with one attached hydrogen (secondary N) is 1. The maximum atomic E-state index is 12.6. The molecule has 0 bridgehead atoms. The average molecular weight is 362 g/mol. The summed E-state index contributed by atoms with van der Waals surface area (Å²) in [4.78, 5) is 26.3. The van der Waals surface area contributed by atoms with Crippen LogP contribution in [0.1, 0.15) is 32.1 Å². The molecule has 124 valence electrons. The van der Waals surface area contributed by atoms with Crippen molar-refractivity contribution in [3.63, 3.8) is 0 Å². The lowest BCUT2D eigenvalue weighted by Crippen LogP contribution is -2.23. The second kappa shape index (κ2) is 6.49. The van der Waals surface area contributed by atoms with Gasteiger partial charge in [0.25, 0.3) is 5.56 Å². The van der Waals surface area contributed by atoms with Crippen LogP contribution in [-0.4, -0.2) is 25.4 Å². The Morgan fingerprint density at radius 1 is 1.25 bits per heavy atom. The van der Waals surface area contributed by atoms with Crippen LogP contribution in [0, 0.1) is 0 Å². The third kappa shape index (κ3) is 3.01. The number of thiazole rings is 1. The van der Waals surface area contributed by atoms with Gasteiger partial charge in [-0.1, -0.05) is 42.2 Å². The zero-order chi connectivity index (χ0) is 16.5. The van der Waals surface area contributed by atoms with Gasteiger partial charge in [0.05, 0.1) is 11.3 Å². The van der Waals surface area contributed by atoms with Crippen LogP contribution in [0.15, 0.2) is 29.5 Å². The number of hydrogen-bond acceptors (Lipinski definition) is 6. The zero-order valence-electron chi connectivity index (χ0n) is 12.9. The van der Waals surface area contributed by atoms with Gasteiger partial charge in [-0.3, -0.25) is 9.20 Å². The van der Waals surface area contributed by atoms with Gasteiger partial charge >= 0.3 is 0 Å². The second-order valence-electron chi connectivity index (χ2n) is 5.91. The lowest BCUT2D eigenvalue weighted by Gasteiger charge is -2.22. The number of halogens is 1. The van der Waals surface area contributed by atoms with Crippen molar-refractivity contribution in [2.24, 2.45) is 0 Å². The molecule has 0 aliphatic heterocycles. The Labute approximate surface area is 147 Å². The second-order valence-corrected chi connectivity index (χ2v) is 7.55. The number of anilines is 1. The molecule has 3 heterocycles. The van der Waals surface area contributed by atoms with Gasteiger partial charge in [-0.2, -0.15) is 0 Å². The predicted molar refractivity (Wildman–Crippen MR) is 95.9 cm³/mol. The number of rotatable bonds is 3. The standard InChI is InChI=1S/C16H16ClN5OS/c17-13-9-22-14(23)11(8-19-16(22)24-13)12-6-7-18-15(21-12)20-10-4-2-1-3-5-10/h6-10H,1-5H2,(H,18,20,21). The first kappa shape index (κ1) is 15.5. The van der Waals surface area contributed by atoms with E-state index in [2.05, 4.69) is 20.3 Å². The third-order valence-corrected chi connectivity index (χ3v) is 5.36. The summed E-state index contributed by atoms with van der Waals surface area (Å²) in [5.41, 5.74) is 0.832. The van der Waals surface area contributed by atoms with Gasteiger partial charge in [0.15, 0.2) is 4.96 Å². The lowest BCUT2D eigenvalue weighted by molar-refractivity contribution is 0.461. The van der Waals surface area contributed by atoms with Crippen molar-refractivity contribution in [3.8, 4) is 11.3 Å². The molecule has 4 rings (SSSR count). The fourth-order valence-electron chi connectivity index (χ4n) is 3.04. The SMILES string of the molecule is O=c1c(-c2ccnc(NC3CCCCC3)n2)cnc2sc(Cl)cn12. The molecule has 0 amide bonds. The molecular formula is C16H16ClN5OS. The Bertz CT molecular complexity index is 932. The minimum Gasteiger partial charge on any atom is -0.351 e. The van der Waals surface area contributed by atoms with Crippen molar-refractivity contribution in [1.29, 1.82) is 0 Å². The molecule has 24 heavy (non-hydrogen) atoms. The molecule has 0 radical (unpaired) electrons. The first-order valence-electron chi connectivity index (χ1n) is 7.97. The van der Waals surface area contributed by atoms with Crippen molar-refractivity contribution < 1.29 is 0 Å². The van der Waals surface area contributed by atoms with Gasteiger partial charge in [-0.05, 0) is 18.9 Å². The maximum absolute atomic E-state index is 12.6. The number of nitrogens with zero attached hydrogens (tertiary/aromatic N) is 4. The number of aromatic nitrogens is 4. The zero-order valence-corrected chi connectivity index (χ0v) is 14.5. The molecular weight excluding hydrogens is 346 g/mol. The highest BCUT2D eigenvalue weighted by molar-refractivity contribution is 7.20. The highest BCUT2D eigenvalue weighted by atomic mass is 35.5. The largest absolute Gasteiger partial charge is 0.351 e. The summed E-state index contributed by atoms with van der Waals surface area (Å²) < 4.78 is 1.98. The van der Waals surface area contributed by atoms with E-state index in [1.54, 1.807) is 24.7 Å². The van der Waals surface area contributed by atoms with E-state index in [-0.39, 0.29) is 5.56 Å². The van der Waals surface area contributed by atoms with E-state index >= 15 is 0 Å². The van der Waals surface area contributed by atoms with E-state index < -0.39 is 0 Å². The minimum absolute atomic E-state index is 0.175. The van der Waals surface area contributed by atoms with Crippen LogP contribution in [0.2, 0.25) is 4.34 Å². The molecule has 1 aliphatic carbocycles. The van der Waals surface area contributed by atoms with Gasteiger partial charge in [-0.25, -0.2) is 15.0 Å². The van der Waals surface area contributed by atoms with E-state index in [4.69, 9.17) is 11.6 Å². The summed E-state index contributed by atoms with van der Waals surface area (Å²) in [5.74, 6) is 0.562. The van der Waals surface area contributed by atoms with E-state index in [0.717, 1.165) is 12.8 Å². The Hall–Kier alpha value is -1.99. The number of hydrogen-bond donors (Lipinski definition) is 1. The predicted octanol–water partition coefficient (Wildman–Crippen LogP) is 3.61. The number of fused-ring (bicyclic) bond motifs is 1. The lowest BCUT2D eigenvalue weighted by atomic mass is 9.96. The molecule has 0 atom stereocenters. The summed E-state index contributed by atoms with van der Waals surface area (Å²) in [5, 5.41) is 3.38. The van der Waals surface area contributed by atoms with E-state index in [1.165, 1.54) is 35.0 Å². The molecule has 0 saturated heterocycles. The topological polar surface area (TPSA) is 72.2 Å².